The number of rotatable bonds is 67. The predicted octanol–water partition coefficient (Wildman–Crippen LogP) is -5.39. The van der Waals surface area contributed by atoms with Gasteiger partial charge in [-0.15, -0.1) is 0 Å². The maximum atomic E-state index is 15.1. The summed E-state index contributed by atoms with van der Waals surface area (Å²) in [5.74, 6) is -14.5. The lowest BCUT2D eigenvalue weighted by atomic mass is 9.97. The third kappa shape index (κ3) is 47.6. The third-order valence-corrected chi connectivity index (χ3v) is 20.9. The molecule has 1 rings (SSSR count). The largest absolute Gasteiger partial charge is 0.370 e. The second-order valence-electron chi connectivity index (χ2n) is 33.8. The monoisotopic (exact) mass is 1810 g/mol. The highest BCUT2D eigenvalue weighted by Gasteiger charge is 2.39. The molecule has 44 heteroatoms. The Kier molecular flexibility index (Phi) is 57.2. The Labute approximate surface area is 753 Å². The highest BCUT2D eigenvalue weighted by Crippen LogP contribution is 2.17. The first kappa shape index (κ1) is 115. The van der Waals surface area contributed by atoms with E-state index < -0.39 is 197 Å². The fourth-order valence-corrected chi connectivity index (χ4v) is 13.4. The maximum absolute atomic E-state index is 15.1. The molecule has 0 radical (unpaired) electrons. The van der Waals surface area contributed by atoms with Crippen molar-refractivity contribution in [3.05, 3.63) is 35.9 Å². The summed E-state index contributed by atoms with van der Waals surface area (Å²) in [6.45, 7) is 19.1. The van der Waals surface area contributed by atoms with Gasteiger partial charge in [0.05, 0.1) is 12.6 Å². The van der Waals surface area contributed by atoms with Gasteiger partial charge in [0.15, 0.2) is 17.9 Å². The van der Waals surface area contributed by atoms with E-state index in [0.717, 1.165) is 0 Å². The molecule has 726 valence electrons. The standard InChI is InChI=1S/C84H155N29O15/c1-12-51(10)67(79(126)100-46-64(114)101-52(11)69(116)111-65(49(6)7)81(128)110-62(44-48(4)5)77(124)106-56(31-18-22-38-87)75(122)112-66(50(8)9)80(127)108-61(68(90)115)43-47(2)3)113-76(123)57(32-19-23-39-88)104-73(120)59(34-25-41-98-83(93)94)107-78(125)63(45-53-27-14-13-15-28-53)109-74(121)60(35-26-42-99-84(95)96)105-71(118)55(30-17-21-37-86)103-72(119)58(33-24-40-97-82(91)92)102-70(117)54(89)29-16-20-36-85/h13-15,27-28,47-52,54-63,65-67H,12,16-26,29-46,85-89H2,1-11H3,(H2,90,115)(H,100,126)(H,101,114)(H,102,117)(H,103,119)(H,104,120)(H,105,118)(H,106,124)(H,107,125)(H,108,127)(H,109,121)(H,110,128)(H,111,116)(H,112,122)(H,113,123)(H4,91,92,97)(H4,93,94,98)(H4,95,96,99)/t51-,52-,54-,55-,56-,57-,58-,59-,60-,61-,62-,63-,65-,66-,67-/m0/s1. The van der Waals surface area contributed by atoms with E-state index in [2.05, 4.69) is 89.4 Å². The number of nitrogens with zero attached hydrogens (tertiary/aromatic N) is 3. The topological polar surface area (TPSA) is 774 Å². The van der Waals surface area contributed by atoms with Gasteiger partial charge >= 0.3 is 0 Å². The van der Waals surface area contributed by atoms with E-state index in [0.29, 0.717) is 63.5 Å². The summed E-state index contributed by atoms with van der Waals surface area (Å²) in [6.07, 6.45) is 4.27. The van der Waals surface area contributed by atoms with Gasteiger partial charge in [-0.05, 0) is 190 Å². The molecule has 0 bridgehead atoms. The minimum Gasteiger partial charge on any atom is -0.370 e. The van der Waals surface area contributed by atoms with Crippen LogP contribution in [0.5, 0.6) is 0 Å². The molecule has 15 atom stereocenters. The van der Waals surface area contributed by atoms with Crippen LogP contribution in [0.4, 0.5) is 0 Å². The first-order valence-electron chi connectivity index (χ1n) is 44.7. The van der Waals surface area contributed by atoms with Crippen molar-refractivity contribution in [1.29, 1.82) is 0 Å². The summed E-state index contributed by atoms with van der Waals surface area (Å²) >= 11 is 0. The number of nitrogens with two attached hydrogens (primary N) is 12. The van der Waals surface area contributed by atoms with Gasteiger partial charge in [-0.3, -0.25) is 86.9 Å². The number of hydrogen-bond acceptors (Lipinski definition) is 23. The lowest BCUT2D eigenvalue weighted by molar-refractivity contribution is -0.136. The number of amides is 15. The molecule has 0 spiro atoms. The molecule has 0 aromatic heterocycles. The number of nitrogens with one attached hydrogen (secondary N) is 14. The second kappa shape index (κ2) is 63.8. The van der Waals surface area contributed by atoms with E-state index in [-0.39, 0.29) is 159 Å². The molecule has 38 N–H and O–H groups in total. The molecule has 15 amide bonds. The Morgan fingerprint density at radius 3 is 0.977 bits per heavy atom. The van der Waals surface area contributed by atoms with E-state index in [9.17, 15) is 67.1 Å². The third-order valence-electron chi connectivity index (χ3n) is 20.9. The lowest BCUT2D eigenvalue weighted by Crippen LogP contribution is -2.61. The Morgan fingerprint density at radius 1 is 0.320 bits per heavy atom. The van der Waals surface area contributed by atoms with E-state index in [1.165, 1.54) is 6.92 Å². The van der Waals surface area contributed by atoms with Crippen LogP contribution >= 0.6 is 0 Å². The van der Waals surface area contributed by atoms with E-state index in [4.69, 9.17) is 68.8 Å². The molecule has 0 fully saturated rings. The Morgan fingerprint density at radius 2 is 0.625 bits per heavy atom. The molecular weight excluding hydrogens is 1660 g/mol. The summed E-state index contributed by atoms with van der Waals surface area (Å²) in [6, 6.07) is -9.52. The van der Waals surface area contributed by atoms with Crippen molar-refractivity contribution in [3.63, 3.8) is 0 Å². The Hall–Kier alpha value is -11.1. The van der Waals surface area contributed by atoms with Crippen LogP contribution in [0.15, 0.2) is 45.3 Å². The van der Waals surface area contributed by atoms with Gasteiger partial charge in [0, 0.05) is 26.1 Å². The van der Waals surface area contributed by atoms with Crippen LogP contribution in [0.1, 0.15) is 217 Å². The van der Waals surface area contributed by atoms with Crippen LogP contribution in [-0.4, -0.2) is 243 Å². The quantitative estimate of drug-likeness (QED) is 0.0164. The minimum absolute atomic E-state index is 0.00289. The summed E-state index contributed by atoms with van der Waals surface area (Å²) in [7, 11) is 0. The van der Waals surface area contributed by atoms with Crippen molar-refractivity contribution in [3.8, 4) is 0 Å². The Bertz CT molecular complexity index is 3710. The van der Waals surface area contributed by atoms with Gasteiger partial charge in [-0.1, -0.05) is 112 Å². The first-order chi connectivity index (χ1) is 60.4. The maximum Gasteiger partial charge on any atom is 0.243 e. The molecule has 0 unspecified atom stereocenters. The SMILES string of the molecule is CC[C@H](C)[C@H](NC(=O)[C@H](CCCCN)NC(=O)[C@H](CCCN=C(N)N)NC(=O)[C@H](Cc1ccccc1)NC(=O)[C@H](CCCN=C(N)N)NC(=O)[C@H](CCCCN)NC(=O)[C@H](CCCN=C(N)N)NC(=O)[C@@H](N)CCCCN)C(=O)NCC(=O)N[C@@H](C)C(=O)N[C@H](C(=O)N[C@@H](CC(C)C)C(=O)N[C@@H](CCCCN)C(=O)N[C@H](C(=O)N[C@@H](CC(C)C)C(N)=O)C(C)C)C(C)C. The average Bonchev–Trinajstić information content (AvgIpc) is 0.840. The summed E-state index contributed by atoms with van der Waals surface area (Å²) in [5.41, 5.74) is 69.3. The van der Waals surface area contributed by atoms with Crippen molar-refractivity contribution < 1.29 is 71.9 Å². The number of benzene rings is 1. The van der Waals surface area contributed by atoms with Crippen molar-refractivity contribution in [2.45, 2.75) is 302 Å². The van der Waals surface area contributed by atoms with Crippen LogP contribution in [0.25, 0.3) is 0 Å². The van der Waals surface area contributed by atoms with Crippen LogP contribution in [0.2, 0.25) is 0 Å². The molecule has 0 aliphatic carbocycles. The number of primary amides is 1. The van der Waals surface area contributed by atoms with Gasteiger partial charge in [0.2, 0.25) is 88.6 Å². The molecule has 0 aliphatic heterocycles. The molecule has 0 saturated carbocycles. The lowest BCUT2D eigenvalue weighted by Gasteiger charge is -2.29. The number of hydrogen-bond donors (Lipinski definition) is 26. The minimum atomic E-state index is -1.51. The van der Waals surface area contributed by atoms with Crippen molar-refractivity contribution in [2.24, 2.45) is 113 Å². The van der Waals surface area contributed by atoms with Crippen LogP contribution < -0.4 is 143 Å². The molecule has 0 aliphatic rings. The van der Waals surface area contributed by atoms with Gasteiger partial charge < -0.3 is 143 Å². The van der Waals surface area contributed by atoms with Crippen molar-refractivity contribution >= 4 is 106 Å². The summed E-state index contributed by atoms with van der Waals surface area (Å²) < 4.78 is 0. The zero-order chi connectivity index (χ0) is 96.7. The molecule has 1 aromatic rings. The predicted molar refractivity (Wildman–Crippen MR) is 490 cm³/mol. The molecule has 128 heavy (non-hydrogen) atoms. The fourth-order valence-electron chi connectivity index (χ4n) is 13.4. The second-order valence-corrected chi connectivity index (χ2v) is 33.8. The van der Waals surface area contributed by atoms with E-state index in [1.54, 1.807) is 71.9 Å². The van der Waals surface area contributed by atoms with E-state index >= 15 is 4.79 Å². The highest BCUT2D eigenvalue weighted by molar-refractivity contribution is 6.00. The number of unbranched alkanes of at least 4 members (excludes halogenated alkanes) is 4. The number of carbonyl (C=O) groups excluding carboxylic acids is 15. The molecule has 1 aromatic carbocycles. The average molecular weight is 1810 g/mol. The normalized spacial score (nSPS) is 14.8. The van der Waals surface area contributed by atoms with Crippen LogP contribution in [0, 0.1) is 29.6 Å². The zero-order valence-corrected chi connectivity index (χ0v) is 77.0. The molecule has 0 saturated heterocycles. The van der Waals surface area contributed by atoms with Gasteiger partial charge in [-0.25, -0.2) is 0 Å². The summed E-state index contributed by atoms with van der Waals surface area (Å²) in [4.78, 5) is 225. The van der Waals surface area contributed by atoms with Gasteiger partial charge in [-0.2, -0.15) is 0 Å². The first-order valence-corrected chi connectivity index (χ1v) is 44.7. The summed E-state index contributed by atoms with van der Waals surface area (Å²) in [5, 5.41) is 37.7. The zero-order valence-electron chi connectivity index (χ0n) is 77.0. The van der Waals surface area contributed by atoms with E-state index in [1.807, 2.05) is 27.7 Å². The van der Waals surface area contributed by atoms with Crippen LogP contribution in [-0.2, 0) is 78.3 Å². The fraction of sp³-hybridized carbons (Fsp3) is 0.714. The number of aliphatic imine (C=N–C) groups is 3. The van der Waals surface area contributed by atoms with Crippen molar-refractivity contribution in [2.75, 3.05) is 52.4 Å². The van der Waals surface area contributed by atoms with Crippen LogP contribution in [0.3, 0.4) is 0 Å². The highest BCUT2D eigenvalue weighted by atomic mass is 16.2. The smallest absolute Gasteiger partial charge is 0.243 e. The number of guanidine groups is 3. The van der Waals surface area contributed by atoms with Gasteiger partial charge in [0.25, 0.3) is 0 Å². The molecule has 44 nitrogen and oxygen atoms in total. The number of carbonyl (C=O) groups is 15. The van der Waals surface area contributed by atoms with Crippen molar-refractivity contribution in [1.82, 2.24) is 74.4 Å². The van der Waals surface area contributed by atoms with Gasteiger partial charge in [0.1, 0.15) is 78.5 Å². The molecule has 0 heterocycles. The Balaban J connectivity index is 3.71. The molecular formula is C84H155N29O15.